The van der Waals surface area contributed by atoms with E-state index in [1.807, 2.05) is 0 Å². The highest BCUT2D eigenvalue weighted by atomic mass is 16.1. The number of hydrogen-bond acceptors (Lipinski definition) is 2. The van der Waals surface area contributed by atoms with Crippen LogP contribution >= 0.6 is 0 Å². The molecule has 24 heavy (non-hydrogen) atoms. The summed E-state index contributed by atoms with van der Waals surface area (Å²) in [7, 11) is 4.47. The van der Waals surface area contributed by atoms with Gasteiger partial charge in [-0.05, 0) is 81.7 Å². The second kappa shape index (κ2) is 5.19. The molecule has 2 heteroatoms. The SMILES string of the molecule is CN(C)[C@H]1CC[C@@]2(C)C(=CC[C@@H]3C2CC[C@]2(C)C(=O)CC[C@@]32C)C1. The highest BCUT2D eigenvalue weighted by molar-refractivity contribution is 5.88. The van der Waals surface area contributed by atoms with Crippen LogP contribution in [0.25, 0.3) is 0 Å². The van der Waals surface area contributed by atoms with Gasteiger partial charge in [-0.25, -0.2) is 0 Å². The van der Waals surface area contributed by atoms with E-state index in [-0.39, 0.29) is 10.8 Å². The van der Waals surface area contributed by atoms with Gasteiger partial charge in [0.05, 0.1) is 0 Å². The van der Waals surface area contributed by atoms with Crippen molar-refractivity contribution in [2.45, 2.75) is 78.2 Å². The number of Topliss-reactive ketones (excluding diaryl/α,β-unsaturated/α-hetero) is 1. The van der Waals surface area contributed by atoms with Crippen LogP contribution in [0.2, 0.25) is 0 Å². The lowest BCUT2D eigenvalue weighted by atomic mass is 9.43. The molecule has 0 saturated heterocycles. The van der Waals surface area contributed by atoms with Crippen LogP contribution in [0.4, 0.5) is 0 Å². The molecule has 6 atom stereocenters. The second-order valence-electron chi connectivity index (χ2n) is 10.2. The molecule has 4 rings (SSSR count). The lowest BCUT2D eigenvalue weighted by Crippen LogP contribution is -2.55. The van der Waals surface area contributed by atoms with Gasteiger partial charge in [-0.3, -0.25) is 4.79 Å². The number of allylic oxidation sites excluding steroid dienone is 1. The molecule has 0 aliphatic heterocycles. The maximum atomic E-state index is 12.7. The van der Waals surface area contributed by atoms with E-state index < -0.39 is 0 Å². The topological polar surface area (TPSA) is 20.3 Å². The van der Waals surface area contributed by atoms with E-state index in [2.05, 4.69) is 45.8 Å². The molecule has 0 amide bonds. The monoisotopic (exact) mass is 329 g/mol. The van der Waals surface area contributed by atoms with Crippen LogP contribution in [0.15, 0.2) is 11.6 Å². The zero-order chi connectivity index (χ0) is 17.3. The predicted octanol–water partition coefficient (Wildman–Crippen LogP) is 4.84. The molecule has 0 N–H and O–H groups in total. The van der Waals surface area contributed by atoms with Crippen LogP contribution < -0.4 is 0 Å². The summed E-state index contributed by atoms with van der Waals surface area (Å²) in [6.45, 7) is 7.32. The van der Waals surface area contributed by atoms with Gasteiger partial charge in [0.25, 0.3) is 0 Å². The van der Waals surface area contributed by atoms with Crippen molar-refractivity contribution in [1.82, 2.24) is 4.90 Å². The summed E-state index contributed by atoms with van der Waals surface area (Å²) in [6.07, 6.45) is 12.1. The number of carbonyl (C=O) groups is 1. The Morgan fingerprint density at radius 1 is 1.04 bits per heavy atom. The van der Waals surface area contributed by atoms with Crippen LogP contribution in [0.5, 0.6) is 0 Å². The van der Waals surface area contributed by atoms with Gasteiger partial charge >= 0.3 is 0 Å². The maximum Gasteiger partial charge on any atom is 0.139 e. The summed E-state index contributed by atoms with van der Waals surface area (Å²) in [5.41, 5.74) is 2.32. The normalized spacial score (nSPS) is 51.0. The molecule has 2 nitrogen and oxygen atoms in total. The molecule has 0 heterocycles. The number of rotatable bonds is 1. The van der Waals surface area contributed by atoms with E-state index in [4.69, 9.17) is 0 Å². The molecule has 0 bridgehead atoms. The van der Waals surface area contributed by atoms with Gasteiger partial charge in [-0.2, -0.15) is 0 Å². The molecular formula is C22H35NO. The molecule has 1 unspecified atom stereocenters. The van der Waals surface area contributed by atoms with Gasteiger partial charge in [0.1, 0.15) is 5.78 Å². The summed E-state index contributed by atoms with van der Waals surface area (Å²) >= 11 is 0. The van der Waals surface area contributed by atoms with E-state index in [9.17, 15) is 4.79 Å². The van der Waals surface area contributed by atoms with Crippen LogP contribution in [0.3, 0.4) is 0 Å². The number of carbonyl (C=O) groups excluding carboxylic acids is 1. The average Bonchev–Trinajstić information content (AvgIpc) is 2.78. The number of ketones is 1. The minimum Gasteiger partial charge on any atom is -0.306 e. The predicted molar refractivity (Wildman–Crippen MR) is 98.8 cm³/mol. The van der Waals surface area contributed by atoms with Crippen molar-refractivity contribution in [1.29, 1.82) is 0 Å². The van der Waals surface area contributed by atoms with Crippen molar-refractivity contribution in [2.75, 3.05) is 14.1 Å². The van der Waals surface area contributed by atoms with Crippen molar-refractivity contribution >= 4 is 5.78 Å². The Morgan fingerprint density at radius 2 is 1.79 bits per heavy atom. The molecule has 4 aliphatic carbocycles. The van der Waals surface area contributed by atoms with Crippen molar-refractivity contribution in [3.05, 3.63) is 11.6 Å². The third-order valence-corrected chi connectivity index (χ3v) is 9.36. The second-order valence-corrected chi connectivity index (χ2v) is 10.2. The van der Waals surface area contributed by atoms with Gasteiger partial charge in [0.15, 0.2) is 0 Å². The molecule has 0 spiro atoms. The minimum absolute atomic E-state index is 0.0449. The Morgan fingerprint density at radius 3 is 2.50 bits per heavy atom. The fourth-order valence-corrected chi connectivity index (χ4v) is 7.21. The average molecular weight is 330 g/mol. The highest BCUT2D eigenvalue weighted by Crippen LogP contribution is 2.69. The molecule has 0 radical (unpaired) electrons. The molecule has 0 aromatic carbocycles. The quantitative estimate of drug-likeness (QED) is 0.642. The molecule has 134 valence electrons. The molecule has 4 aliphatic rings. The molecule has 0 aromatic heterocycles. The van der Waals surface area contributed by atoms with Crippen molar-refractivity contribution in [2.24, 2.45) is 28.1 Å². The van der Waals surface area contributed by atoms with Crippen molar-refractivity contribution in [3.63, 3.8) is 0 Å². The van der Waals surface area contributed by atoms with E-state index in [1.165, 1.54) is 32.1 Å². The summed E-state index contributed by atoms with van der Waals surface area (Å²) in [4.78, 5) is 15.1. The van der Waals surface area contributed by atoms with Gasteiger partial charge in [0.2, 0.25) is 0 Å². The molecule has 3 saturated carbocycles. The van der Waals surface area contributed by atoms with Gasteiger partial charge in [-0.1, -0.05) is 32.4 Å². The standard InChI is InChI=1S/C22H35NO/c1-20-11-8-16(23(4)5)14-15(20)6-7-18-17(20)9-12-22(3)19(24)10-13-21(18,22)2/h6,16-18H,7-14H2,1-5H3/t16-,17?,18+,20-,21-,22+/m0/s1. The first-order valence-corrected chi connectivity index (χ1v) is 10.1. The smallest absolute Gasteiger partial charge is 0.139 e. The lowest BCUT2D eigenvalue weighted by Gasteiger charge is -2.61. The zero-order valence-corrected chi connectivity index (χ0v) is 16.3. The van der Waals surface area contributed by atoms with Crippen molar-refractivity contribution < 1.29 is 4.79 Å². The number of hydrogen-bond donors (Lipinski definition) is 0. The fourth-order valence-electron chi connectivity index (χ4n) is 7.21. The third kappa shape index (κ3) is 1.95. The summed E-state index contributed by atoms with van der Waals surface area (Å²) < 4.78 is 0. The Bertz CT molecular complexity index is 593. The number of fused-ring (bicyclic) bond motifs is 5. The Labute approximate surface area is 148 Å². The molecular weight excluding hydrogens is 294 g/mol. The Balaban J connectivity index is 1.69. The Hall–Kier alpha value is -0.630. The van der Waals surface area contributed by atoms with Crippen LogP contribution in [0, 0.1) is 28.1 Å². The van der Waals surface area contributed by atoms with E-state index in [0.717, 1.165) is 31.2 Å². The fraction of sp³-hybridized carbons (Fsp3) is 0.864. The first-order valence-electron chi connectivity index (χ1n) is 10.1. The molecule has 0 aromatic rings. The Kier molecular flexibility index (Phi) is 3.64. The van der Waals surface area contributed by atoms with E-state index >= 15 is 0 Å². The van der Waals surface area contributed by atoms with Crippen LogP contribution in [-0.2, 0) is 4.79 Å². The van der Waals surface area contributed by atoms with Crippen molar-refractivity contribution in [3.8, 4) is 0 Å². The van der Waals surface area contributed by atoms with Gasteiger partial charge in [-0.15, -0.1) is 0 Å². The third-order valence-electron chi connectivity index (χ3n) is 9.36. The summed E-state index contributed by atoms with van der Waals surface area (Å²) in [5, 5.41) is 0. The minimum atomic E-state index is -0.0449. The van der Waals surface area contributed by atoms with E-state index in [1.54, 1.807) is 5.57 Å². The first-order chi connectivity index (χ1) is 11.2. The van der Waals surface area contributed by atoms with E-state index in [0.29, 0.717) is 17.1 Å². The maximum absolute atomic E-state index is 12.7. The van der Waals surface area contributed by atoms with Gasteiger partial charge < -0.3 is 4.90 Å². The summed E-state index contributed by atoms with van der Waals surface area (Å²) in [6, 6.07) is 0.721. The number of nitrogens with zero attached hydrogens (tertiary/aromatic N) is 1. The van der Waals surface area contributed by atoms with Crippen LogP contribution in [0.1, 0.15) is 72.1 Å². The highest BCUT2D eigenvalue weighted by Gasteiger charge is 2.64. The van der Waals surface area contributed by atoms with Gasteiger partial charge in [0, 0.05) is 17.9 Å². The first kappa shape index (κ1) is 16.8. The summed E-state index contributed by atoms with van der Waals surface area (Å²) in [5.74, 6) is 2.07. The molecule has 3 fully saturated rings. The zero-order valence-electron chi connectivity index (χ0n) is 16.3. The largest absolute Gasteiger partial charge is 0.306 e. The lowest BCUT2D eigenvalue weighted by molar-refractivity contribution is -0.141. The van der Waals surface area contributed by atoms with Crippen LogP contribution in [-0.4, -0.2) is 30.8 Å².